The van der Waals surface area contributed by atoms with Gasteiger partial charge in [0.15, 0.2) is 16.8 Å². The van der Waals surface area contributed by atoms with Crippen LogP contribution in [0, 0.1) is 0 Å². The zero-order valence-electron chi connectivity index (χ0n) is 16.0. The normalized spacial score (nSPS) is 13.8. The Morgan fingerprint density at radius 1 is 1.03 bits per heavy atom. The third-order valence-corrected chi connectivity index (χ3v) is 5.96. The maximum atomic E-state index is 13.2. The molecular formula is C21H19F3N4OS. The molecule has 0 unspecified atom stereocenters. The Hall–Kier alpha value is -2.68. The lowest BCUT2D eigenvalue weighted by atomic mass is 9.90. The Balaban J connectivity index is 1.54. The lowest BCUT2D eigenvalue weighted by molar-refractivity contribution is -0.141. The third-order valence-electron chi connectivity index (χ3n) is 5.00. The monoisotopic (exact) mass is 432 g/mol. The van der Waals surface area contributed by atoms with Gasteiger partial charge in [-0.25, -0.2) is 0 Å². The molecule has 3 aromatic rings. The van der Waals surface area contributed by atoms with Crippen LogP contribution in [0.25, 0.3) is 11.4 Å². The van der Waals surface area contributed by atoms with Crippen molar-refractivity contribution < 1.29 is 18.0 Å². The fraction of sp³-hybridized carbons (Fsp3) is 0.333. The van der Waals surface area contributed by atoms with Crippen molar-refractivity contribution in [2.45, 2.75) is 43.6 Å². The number of fused-ring (bicyclic) bond motifs is 1. The van der Waals surface area contributed by atoms with Gasteiger partial charge in [0, 0.05) is 23.5 Å². The van der Waals surface area contributed by atoms with Crippen molar-refractivity contribution >= 4 is 17.5 Å². The van der Waals surface area contributed by atoms with Crippen molar-refractivity contribution in [3.05, 3.63) is 59.4 Å². The highest BCUT2D eigenvalue weighted by molar-refractivity contribution is 7.99. The van der Waals surface area contributed by atoms with Crippen molar-refractivity contribution in [3.8, 4) is 11.4 Å². The standard InChI is InChI=1S/C21H19F3N4OS/c22-21(23,24)13-28-19(15-7-9-25-10-8-15)26-27-20(28)30-12-18(29)17-6-5-14-3-1-2-4-16(14)11-17/h5-11H,1-4,12-13H2. The van der Waals surface area contributed by atoms with Gasteiger partial charge in [-0.2, -0.15) is 13.2 Å². The number of hydrogen-bond acceptors (Lipinski definition) is 5. The maximum absolute atomic E-state index is 13.2. The van der Waals surface area contributed by atoms with E-state index in [4.69, 9.17) is 0 Å². The van der Waals surface area contributed by atoms with Crippen molar-refractivity contribution in [1.29, 1.82) is 0 Å². The molecule has 5 nitrogen and oxygen atoms in total. The minimum atomic E-state index is -4.44. The molecule has 0 fully saturated rings. The zero-order valence-corrected chi connectivity index (χ0v) is 16.8. The lowest BCUT2D eigenvalue weighted by Gasteiger charge is -2.16. The van der Waals surface area contributed by atoms with Gasteiger partial charge in [-0.3, -0.25) is 14.3 Å². The van der Waals surface area contributed by atoms with Crippen molar-refractivity contribution in [3.63, 3.8) is 0 Å². The summed E-state index contributed by atoms with van der Waals surface area (Å²) in [7, 11) is 0. The van der Waals surface area contributed by atoms with E-state index in [1.165, 1.54) is 23.5 Å². The number of halogens is 3. The number of alkyl halides is 3. The fourth-order valence-electron chi connectivity index (χ4n) is 3.55. The molecule has 0 saturated carbocycles. The molecule has 1 aliphatic rings. The number of aromatic nitrogens is 4. The van der Waals surface area contributed by atoms with Gasteiger partial charge < -0.3 is 0 Å². The second-order valence-electron chi connectivity index (χ2n) is 7.15. The van der Waals surface area contributed by atoms with E-state index in [2.05, 4.69) is 15.2 Å². The molecule has 156 valence electrons. The first kappa shape index (κ1) is 20.6. The molecule has 0 spiro atoms. The minimum absolute atomic E-state index is 0.00881. The second-order valence-corrected chi connectivity index (χ2v) is 8.09. The van der Waals surface area contributed by atoms with E-state index in [0.717, 1.165) is 42.0 Å². The summed E-state index contributed by atoms with van der Waals surface area (Å²) in [6.07, 6.45) is 2.77. The highest BCUT2D eigenvalue weighted by Gasteiger charge is 2.31. The summed E-state index contributed by atoms with van der Waals surface area (Å²) in [5.74, 6) is -0.0515. The van der Waals surface area contributed by atoms with E-state index < -0.39 is 12.7 Å². The predicted molar refractivity (Wildman–Crippen MR) is 107 cm³/mol. The Kier molecular flexibility index (Phi) is 5.90. The van der Waals surface area contributed by atoms with Crippen LogP contribution in [0.15, 0.2) is 47.9 Å². The number of thioether (sulfide) groups is 1. The highest BCUT2D eigenvalue weighted by Crippen LogP contribution is 2.29. The van der Waals surface area contributed by atoms with E-state index in [0.29, 0.717) is 11.1 Å². The van der Waals surface area contributed by atoms with Crippen molar-refractivity contribution in [2.75, 3.05) is 5.75 Å². The lowest BCUT2D eigenvalue weighted by Crippen LogP contribution is -2.19. The minimum Gasteiger partial charge on any atom is -0.293 e. The molecule has 0 saturated heterocycles. The summed E-state index contributed by atoms with van der Waals surface area (Å²) in [6.45, 7) is -1.23. The topological polar surface area (TPSA) is 60.7 Å². The summed E-state index contributed by atoms with van der Waals surface area (Å²) in [5.41, 5.74) is 3.53. The van der Waals surface area contributed by atoms with Gasteiger partial charge in [0.2, 0.25) is 0 Å². The molecule has 0 atom stereocenters. The van der Waals surface area contributed by atoms with Crippen LogP contribution >= 0.6 is 11.8 Å². The number of ketones is 1. The van der Waals surface area contributed by atoms with Crippen LogP contribution in [0.1, 0.15) is 34.3 Å². The molecule has 0 radical (unpaired) electrons. The van der Waals surface area contributed by atoms with Crippen LogP contribution in [0.4, 0.5) is 13.2 Å². The first-order valence-corrected chi connectivity index (χ1v) is 10.6. The van der Waals surface area contributed by atoms with Crippen LogP contribution in [-0.2, 0) is 19.4 Å². The molecule has 2 aromatic heterocycles. The van der Waals surface area contributed by atoms with Gasteiger partial charge in [-0.15, -0.1) is 10.2 Å². The van der Waals surface area contributed by atoms with Crippen LogP contribution in [-0.4, -0.2) is 37.5 Å². The number of carbonyl (C=O) groups excluding carboxylic acids is 1. The molecular weight excluding hydrogens is 413 g/mol. The molecule has 30 heavy (non-hydrogen) atoms. The Morgan fingerprint density at radius 2 is 1.77 bits per heavy atom. The molecule has 4 rings (SSSR count). The van der Waals surface area contributed by atoms with E-state index >= 15 is 0 Å². The van der Waals surface area contributed by atoms with Gasteiger partial charge in [0.05, 0.1) is 5.75 Å². The molecule has 1 aromatic carbocycles. The number of Topliss-reactive ketones (excluding diaryl/α,β-unsaturated/α-hetero) is 1. The summed E-state index contributed by atoms with van der Waals surface area (Å²) in [5, 5.41) is 7.91. The number of nitrogens with zero attached hydrogens (tertiary/aromatic N) is 4. The van der Waals surface area contributed by atoms with Crippen molar-refractivity contribution in [2.24, 2.45) is 0 Å². The van der Waals surface area contributed by atoms with Crippen LogP contribution < -0.4 is 0 Å². The SMILES string of the molecule is O=C(CSc1nnc(-c2ccncc2)n1CC(F)(F)F)c1ccc2c(c1)CCCC2. The fourth-order valence-corrected chi connectivity index (χ4v) is 4.38. The largest absolute Gasteiger partial charge is 0.406 e. The Labute approximate surface area is 175 Å². The molecule has 2 heterocycles. The van der Waals surface area contributed by atoms with Gasteiger partial charge in [-0.1, -0.05) is 23.9 Å². The molecule has 0 aliphatic heterocycles. The van der Waals surface area contributed by atoms with E-state index in [-0.39, 0.29) is 22.5 Å². The molecule has 0 N–H and O–H groups in total. The molecule has 9 heteroatoms. The van der Waals surface area contributed by atoms with Gasteiger partial charge >= 0.3 is 6.18 Å². The van der Waals surface area contributed by atoms with E-state index in [1.54, 1.807) is 18.2 Å². The van der Waals surface area contributed by atoms with Crippen LogP contribution in [0.3, 0.4) is 0 Å². The summed E-state index contributed by atoms with van der Waals surface area (Å²) in [6, 6.07) is 8.85. The average molecular weight is 432 g/mol. The number of hydrogen-bond donors (Lipinski definition) is 0. The second kappa shape index (κ2) is 8.59. The summed E-state index contributed by atoms with van der Waals surface area (Å²) < 4.78 is 40.5. The number of benzene rings is 1. The van der Waals surface area contributed by atoms with Crippen LogP contribution in [0.2, 0.25) is 0 Å². The molecule has 0 bridgehead atoms. The average Bonchev–Trinajstić information content (AvgIpc) is 3.13. The van der Waals surface area contributed by atoms with E-state index in [9.17, 15) is 18.0 Å². The Bertz CT molecular complexity index is 1050. The number of aryl methyl sites for hydroxylation is 2. The predicted octanol–water partition coefficient (Wildman–Crippen LogP) is 4.76. The summed E-state index contributed by atoms with van der Waals surface area (Å²) in [4.78, 5) is 16.5. The maximum Gasteiger partial charge on any atom is 0.406 e. The Morgan fingerprint density at radius 3 is 2.50 bits per heavy atom. The van der Waals surface area contributed by atoms with Crippen molar-refractivity contribution in [1.82, 2.24) is 19.7 Å². The van der Waals surface area contributed by atoms with Gasteiger partial charge in [0.1, 0.15) is 6.54 Å². The first-order valence-electron chi connectivity index (χ1n) is 9.59. The first-order chi connectivity index (χ1) is 14.4. The zero-order chi connectivity index (χ0) is 21.1. The number of carbonyl (C=O) groups is 1. The van der Waals surface area contributed by atoms with Crippen LogP contribution in [0.5, 0.6) is 0 Å². The van der Waals surface area contributed by atoms with Gasteiger partial charge in [-0.05, 0) is 55.0 Å². The quantitative estimate of drug-likeness (QED) is 0.415. The summed E-state index contributed by atoms with van der Waals surface area (Å²) >= 11 is 0.968. The number of pyridine rings is 1. The molecule has 1 aliphatic carbocycles. The third kappa shape index (κ3) is 4.72. The smallest absolute Gasteiger partial charge is 0.293 e. The van der Waals surface area contributed by atoms with Gasteiger partial charge in [0.25, 0.3) is 0 Å². The highest BCUT2D eigenvalue weighted by atomic mass is 32.2. The molecule has 0 amide bonds. The van der Waals surface area contributed by atoms with E-state index in [1.807, 2.05) is 12.1 Å². The number of rotatable bonds is 6.